The summed E-state index contributed by atoms with van der Waals surface area (Å²) in [4.78, 5) is 20.1. The second kappa shape index (κ2) is 8.85. The first-order valence-corrected chi connectivity index (χ1v) is 9.02. The zero-order chi connectivity index (χ0) is 19.9. The van der Waals surface area contributed by atoms with Crippen molar-refractivity contribution in [2.75, 3.05) is 22.6 Å². The van der Waals surface area contributed by atoms with Crippen LogP contribution in [0.25, 0.3) is 0 Å². The average molecular weight is 377 g/mol. The van der Waals surface area contributed by atoms with Crippen LogP contribution < -0.4 is 20.7 Å². The molecule has 0 aliphatic heterocycles. The van der Waals surface area contributed by atoms with E-state index in [1.54, 1.807) is 0 Å². The molecule has 0 fully saturated rings. The number of nitrogens with one attached hydrogen (secondary N) is 3. The number of benzene rings is 2. The first-order valence-electron chi connectivity index (χ1n) is 9.02. The minimum Gasteiger partial charge on any atom is -0.492 e. The van der Waals surface area contributed by atoms with Gasteiger partial charge in [-0.15, -0.1) is 0 Å². The van der Waals surface area contributed by atoms with Crippen molar-refractivity contribution in [2.24, 2.45) is 0 Å². The molecule has 1 heterocycles. The highest BCUT2D eigenvalue weighted by Crippen LogP contribution is 2.27. The highest BCUT2D eigenvalue weighted by Gasteiger charge is 2.07. The Bertz CT molecular complexity index is 957. The number of hydrogen-bond acceptors (Lipinski definition) is 6. The van der Waals surface area contributed by atoms with Gasteiger partial charge in [-0.25, -0.2) is 4.98 Å². The normalized spacial score (nSPS) is 10.2. The average Bonchev–Trinajstić information content (AvgIpc) is 2.64. The van der Waals surface area contributed by atoms with E-state index < -0.39 is 0 Å². The topological polar surface area (TPSA) is 88.2 Å². The number of carbonyl (C=O) groups is 1. The van der Waals surface area contributed by atoms with Crippen LogP contribution in [0.5, 0.6) is 5.75 Å². The first-order chi connectivity index (χ1) is 13.5. The van der Waals surface area contributed by atoms with Crippen LogP contribution in [0.15, 0.2) is 54.6 Å². The maximum atomic E-state index is 11.1. The van der Waals surface area contributed by atoms with Gasteiger partial charge in [-0.3, -0.25) is 4.79 Å². The molecule has 7 heteroatoms. The van der Waals surface area contributed by atoms with Crippen LogP contribution in [0.1, 0.15) is 19.5 Å². The van der Waals surface area contributed by atoms with Gasteiger partial charge in [-0.1, -0.05) is 12.1 Å². The lowest BCUT2D eigenvalue weighted by Crippen LogP contribution is -2.06. The Labute approximate surface area is 164 Å². The third kappa shape index (κ3) is 5.20. The number of anilines is 5. The summed E-state index contributed by atoms with van der Waals surface area (Å²) >= 11 is 0. The smallest absolute Gasteiger partial charge is 0.229 e. The molecule has 0 atom stereocenters. The van der Waals surface area contributed by atoms with Gasteiger partial charge in [0.1, 0.15) is 11.6 Å². The molecule has 0 unspecified atom stereocenters. The molecule has 0 aliphatic carbocycles. The van der Waals surface area contributed by atoms with Crippen molar-refractivity contribution in [1.29, 1.82) is 0 Å². The zero-order valence-electron chi connectivity index (χ0n) is 16.1. The molecule has 1 amide bonds. The minimum atomic E-state index is -0.102. The van der Waals surface area contributed by atoms with Crippen LogP contribution in [0, 0.1) is 6.92 Å². The molecule has 3 N–H and O–H groups in total. The van der Waals surface area contributed by atoms with E-state index in [1.165, 1.54) is 6.92 Å². The van der Waals surface area contributed by atoms with E-state index in [9.17, 15) is 4.79 Å². The Morgan fingerprint density at radius 3 is 2.43 bits per heavy atom. The molecular weight excluding hydrogens is 354 g/mol. The van der Waals surface area contributed by atoms with E-state index >= 15 is 0 Å². The lowest BCUT2D eigenvalue weighted by atomic mass is 10.2. The summed E-state index contributed by atoms with van der Waals surface area (Å²) in [6, 6.07) is 16.9. The molecule has 1 aromatic heterocycles. The number of amides is 1. The van der Waals surface area contributed by atoms with Crippen molar-refractivity contribution in [3.8, 4) is 5.75 Å². The second-order valence-corrected chi connectivity index (χ2v) is 6.16. The molecule has 0 spiro atoms. The molecule has 3 rings (SSSR count). The number of aryl methyl sites for hydroxylation is 1. The van der Waals surface area contributed by atoms with Crippen molar-refractivity contribution in [3.63, 3.8) is 0 Å². The van der Waals surface area contributed by atoms with Gasteiger partial charge in [0.05, 0.1) is 12.3 Å². The van der Waals surface area contributed by atoms with Crippen LogP contribution >= 0.6 is 0 Å². The molecule has 0 bridgehead atoms. The molecular formula is C21H23N5O2. The second-order valence-electron chi connectivity index (χ2n) is 6.16. The summed E-state index contributed by atoms with van der Waals surface area (Å²) in [6.07, 6.45) is 0. The van der Waals surface area contributed by atoms with Crippen molar-refractivity contribution in [1.82, 2.24) is 9.97 Å². The molecule has 144 valence electrons. The van der Waals surface area contributed by atoms with E-state index in [0.29, 0.717) is 18.4 Å². The highest BCUT2D eigenvalue weighted by molar-refractivity contribution is 5.88. The summed E-state index contributed by atoms with van der Waals surface area (Å²) in [5.41, 5.74) is 3.23. The molecule has 0 saturated carbocycles. The highest BCUT2D eigenvalue weighted by atomic mass is 16.5. The predicted octanol–water partition coefficient (Wildman–Crippen LogP) is 4.63. The number of carbonyl (C=O) groups excluding carboxylic acids is 1. The van der Waals surface area contributed by atoms with Gasteiger partial charge >= 0.3 is 0 Å². The summed E-state index contributed by atoms with van der Waals surface area (Å²) in [5.74, 6) is 1.79. The number of aromatic nitrogens is 2. The third-order valence-corrected chi connectivity index (χ3v) is 3.77. The van der Waals surface area contributed by atoms with Crippen molar-refractivity contribution >= 4 is 34.7 Å². The molecule has 7 nitrogen and oxygen atoms in total. The molecule has 0 radical (unpaired) electrons. The Balaban J connectivity index is 1.77. The van der Waals surface area contributed by atoms with Gasteiger partial charge in [0.15, 0.2) is 0 Å². The van der Waals surface area contributed by atoms with Gasteiger partial charge in [-0.2, -0.15) is 4.98 Å². The third-order valence-electron chi connectivity index (χ3n) is 3.77. The number of hydrogen-bond donors (Lipinski definition) is 3. The Kier molecular flexibility index (Phi) is 6.06. The van der Waals surface area contributed by atoms with Gasteiger partial charge in [0.2, 0.25) is 11.9 Å². The van der Waals surface area contributed by atoms with Crippen LogP contribution in [0.4, 0.5) is 28.8 Å². The fraction of sp³-hybridized carbons (Fsp3) is 0.190. The number of nitrogens with zero attached hydrogens (tertiary/aromatic N) is 2. The molecule has 0 aliphatic rings. The standard InChI is InChI=1S/C21H23N5O2/c1-4-28-19-8-6-5-7-18(19)25-21-22-14(2)13-20(26-21)24-17-11-9-16(10-12-17)23-15(3)27/h5-13H,4H2,1-3H3,(H,23,27)(H2,22,24,25,26). The maximum Gasteiger partial charge on any atom is 0.229 e. The van der Waals surface area contributed by atoms with E-state index in [-0.39, 0.29) is 5.91 Å². The first kappa shape index (κ1) is 19.2. The Morgan fingerprint density at radius 1 is 1.00 bits per heavy atom. The number of rotatable bonds is 7. The summed E-state index contributed by atoms with van der Waals surface area (Å²) in [5, 5.41) is 9.22. The minimum absolute atomic E-state index is 0.102. The van der Waals surface area contributed by atoms with E-state index in [0.717, 1.165) is 28.5 Å². The lowest BCUT2D eigenvalue weighted by Gasteiger charge is -2.13. The molecule has 28 heavy (non-hydrogen) atoms. The largest absolute Gasteiger partial charge is 0.492 e. The monoisotopic (exact) mass is 377 g/mol. The van der Waals surface area contributed by atoms with E-state index in [2.05, 4.69) is 25.9 Å². The van der Waals surface area contributed by atoms with Crippen LogP contribution in [-0.4, -0.2) is 22.5 Å². The quantitative estimate of drug-likeness (QED) is 0.556. The zero-order valence-corrected chi connectivity index (χ0v) is 16.1. The van der Waals surface area contributed by atoms with Crippen LogP contribution in [0.2, 0.25) is 0 Å². The Hall–Kier alpha value is -3.61. The lowest BCUT2D eigenvalue weighted by molar-refractivity contribution is -0.114. The van der Waals surface area contributed by atoms with Crippen molar-refractivity contribution in [3.05, 3.63) is 60.3 Å². The van der Waals surface area contributed by atoms with Crippen molar-refractivity contribution in [2.45, 2.75) is 20.8 Å². The van der Waals surface area contributed by atoms with Gasteiger partial charge < -0.3 is 20.7 Å². The molecule has 2 aromatic carbocycles. The fourth-order valence-electron chi connectivity index (χ4n) is 2.65. The van der Waals surface area contributed by atoms with E-state index in [1.807, 2.05) is 68.4 Å². The summed E-state index contributed by atoms with van der Waals surface area (Å²) in [7, 11) is 0. The van der Waals surface area contributed by atoms with Gasteiger partial charge in [0.25, 0.3) is 0 Å². The van der Waals surface area contributed by atoms with Crippen molar-refractivity contribution < 1.29 is 9.53 Å². The Morgan fingerprint density at radius 2 is 1.71 bits per heavy atom. The molecule has 0 saturated heterocycles. The maximum absolute atomic E-state index is 11.1. The van der Waals surface area contributed by atoms with E-state index in [4.69, 9.17) is 4.74 Å². The molecule has 3 aromatic rings. The summed E-state index contributed by atoms with van der Waals surface area (Å²) in [6.45, 7) is 5.91. The fourth-order valence-corrected chi connectivity index (χ4v) is 2.65. The van der Waals surface area contributed by atoms with Crippen LogP contribution in [-0.2, 0) is 4.79 Å². The number of para-hydroxylation sites is 2. The number of ether oxygens (including phenoxy) is 1. The van der Waals surface area contributed by atoms with Gasteiger partial charge in [0, 0.05) is 30.1 Å². The summed E-state index contributed by atoms with van der Waals surface area (Å²) < 4.78 is 5.64. The van der Waals surface area contributed by atoms with Crippen LogP contribution in [0.3, 0.4) is 0 Å². The van der Waals surface area contributed by atoms with Gasteiger partial charge in [-0.05, 0) is 50.2 Å². The predicted molar refractivity (Wildman–Crippen MR) is 112 cm³/mol. The SMILES string of the molecule is CCOc1ccccc1Nc1nc(C)cc(Nc2ccc(NC(C)=O)cc2)n1.